The van der Waals surface area contributed by atoms with Crippen molar-refractivity contribution in [3.8, 4) is 11.4 Å². The molecule has 0 spiro atoms. The summed E-state index contributed by atoms with van der Waals surface area (Å²) in [4.78, 5) is 15.1. The number of hydrogen-bond acceptors (Lipinski definition) is 4. The first kappa shape index (κ1) is 21.2. The van der Waals surface area contributed by atoms with E-state index in [1.165, 1.54) is 35.9 Å². The van der Waals surface area contributed by atoms with Crippen LogP contribution in [0.5, 0.6) is 0 Å². The number of rotatable bonds is 6. The van der Waals surface area contributed by atoms with Gasteiger partial charge in [0.2, 0.25) is 5.91 Å². The first-order valence-electron chi connectivity index (χ1n) is 11.0. The molecule has 5 nitrogen and oxygen atoms in total. The van der Waals surface area contributed by atoms with Gasteiger partial charge in [-0.2, -0.15) is 0 Å². The summed E-state index contributed by atoms with van der Waals surface area (Å²) in [6.07, 6.45) is 9.09. The Bertz CT molecular complexity index is 935. The second-order valence-electron chi connectivity index (χ2n) is 9.42. The van der Waals surface area contributed by atoms with Crippen molar-refractivity contribution in [3.05, 3.63) is 41.6 Å². The summed E-state index contributed by atoms with van der Waals surface area (Å²) in [6.45, 7) is 6.64. The van der Waals surface area contributed by atoms with Crippen LogP contribution < -0.4 is 0 Å². The number of carbonyl (C=O) groups is 1. The van der Waals surface area contributed by atoms with Crippen molar-refractivity contribution in [2.75, 3.05) is 5.75 Å². The fourth-order valence-corrected chi connectivity index (χ4v) is 4.75. The number of benzene rings is 1. The van der Waals surface area contributed by atoms with Crippen molar-refractivity contribution < 1.29 is 4.79 Å². The molecule has 0 bridgehead atoms. The van der Waals surface area contributed by atoms with E-state index < -0.39 is 0 Å². The van der Waals surface area contributed by atoms with Gasteiger partial charge >= 0.3 is 0 Å². The van der Waals surface area contributed by atoms with Crippen molar-refractivity contribution in [2.24, 2.45) is 7.05 Å². The lowest BCUT2D eigenvalue weighted by molar-refractivity contribution is -0.127. The third kappa shape index (κ3) is 4.64. The molecule has 2 aliphatic carbocycles. The van der Waals surface area contributed by atoms with Gasteiger partial charge in [-0.25, -0.2) is 0 Å². The van der Waals surface area contributed by atoms with Crippen LogP contribution >= 0.6 is 11.8 Å². The maximum Gasteiger partial charge on any atom is 0.237 e. The number of hydrogen-bond donors (Lipinski definition) is 0. The molecule has 4 rings (SSSR count). The molecule has 0 aliphatic heterocycles. The van der Waals surface area contributed by atoms with Crippen LogP contribution in [0, 0.1) is 0 Å². The fourth-order valence-electron chi connectivity index (χ4n) is 3.98. The van der Waals surface area contributed by atoms with Gasteiger partial charge in [0.15, 0.2) is 11.0 Å². The topological polar surface area (TPSA) is 51.0 Å². The third-order valence-electron chi connectivity index (χ3n) is 5.93. The summed E-state index contributed by atoms with van der Waals surface area (Å²) < 4.78 is 1.99. The molecule has 2 aromatic rings. The minimum Gasteiger partial charge on any atom is -0.313 e. The Morgan fingerprint density at radius 2 is 1.90 bits per heavy atom. The Morgan fingerprint density at radius 3 is 2.50 bits per heavy atom. The lowest BCUT2D eigenvalue weighted by Gasteiger charge is -2.27. The van der Waals surface area contributed by atoms with Crippen LogP contribution in [0.1, 0.15) is 64.9 Å². The van der Waals surface area contributed by atoms with E-state index in [1.807, 2.05) is 11.6 Å². The maximum atomic E-state index is 13.0. The van der Waals surface area contributed by atoms with E-state index in [1.54, 1.807) is 0 Å². The summed E-state index contributed by atoms with van der Waals surface area (Å²) in [5.41, 5.74) is 3.71. The SMILES string of the molecule is Cn1c(SCC(=O)N(C2=CCCCC2)C2CC2)nnc1-c1ccc(C(C)(C)C)cc1. The predicted molar refractivity (Wildman–Crippen MR) is 122 cm³/mol. The number of thioether (sulfide) groups is 1. The average Bonchev–Trinajstić information content (AvgIpc) is 3.49. The van der Waals surface area contributed by atoms with Crippen LogP contribution in [-0.2, 0) is 17.3 Å². The van der Waals surface area contributed by atoms with Crippen LogP contribution in [-0.4, -0.2) is 37.4 Å². The van der Waals surface area contributed by atoms with Gasteiger partial charge < -0.3 is 9.47 Å². The zero-order valence-electron chi connectivity index (χ0n) is 18.5. The number of carbonyl (C=O) groups excluding carboxylic acids is 1. The second-order valence-corrected chi connectivity index (χ2v) is 10.4. The van der Waals surface area contributed by atoms with Crippen LogP contribution in [0.15, 0.2) is 41.2 Å². The molecular weight excluding hydrogens is 392 g/mol. The summed E-state index contributed by atoms with van der Waals surface area (Å²) >= 11 is 1.49. The van der Waals surface area contributed by atoms with E-state index in [0.717, 1.165) is 42.2 Å². The number of amides is 1. The molecule has 1 aromatic heterocycles. The van der Waals surface area contributed by atoms with Gasteiger partial charge in [0.05, 0.1) is 5.75 Å². The largest absolute Gasteiger partial charge is 0.313 e. The zero-order valence-corrected chi connectivity index (χ0v) is 19.3. The van der Waals surface area contributed by atoms with Gasteiger partial charge in [0.1, 0.15) is 0 Å². The van der Waals surface area contributed by atoms with Crippen molar-refractivity contribution in [3.63, 3.8) is 0 Å². The normalized spacial score (nSPS) is 17.0. The fraction of sp³-hybridized carbons (Fsp3) is 0.542. The lowest BCUT2D eigenvalue weighted by Crippen LogP contribution is -2.34. The van der Waals surface area contributed by atoms with Crippen molar-refractivity contribution in [2.45, 2.75) is 75.9 Å². The Kier molecular flexibility index (Phi) is 6.05. The predicted octanol–water partition coefficient (Wildman–Crippen LogP) is 5.32. The van der Waals surface area contributed by atoms with Gasteiger partial charge in [-0.3, -0.25) is 4.79 Å². The molecule has 0 atom stereocenters. The molecule has 1 fully saturated rings. The minimum absolute atomic E-state index is 0.126. The molecule has 0 N–H and O–H groups in total. The Balaban J connectivity index is 1.44. The molecular formula is C24H32N4OS. The number of aromatic nitrogens is 3. The van der Waals surface area contributed by atoms with E-state index in [0.29, 0.717) is 11.8 Å². The maximum absolute atomic E-state index is 13.0. The van der Waals surface area contributed by atoms with Crippen LogP contribution in [0.3, 0.4) is 0 Å². The Hall–Kier alpha value is -2.08. The van der Waals surface area contributed by atoms with E-state index in [-0.39, 0.29) is 11.3 Å². The molecule has 0 saturated heterocycles. The Morgan fingerprint density at radius 1 is 1.17 bits per heavy atom. The second kappa shape index (κ2) is 8.58. The summed E-state index contributed by atoms with van der Waals surface area (Å²) in [6, 6.07) is 8.94. The van der Waals surface area contributed by atoms with Crippen LogP contribution in [0.4, 0.5) is 0 Å². The van der Waals surface area contributed by atoms with Crippen molar-refractivity contribution in [1.29, 1.82) is 0 Å². The molecule has 6 heteroatoms. The highest BCUT2D eigenvalue weighted by Gasteiger charge is 2.35. The molecule has 160 valence electrons. The van der Waals surface area contributed by atoms with Crippen molar-refractivity contribution >= 4 is 17.7 Å². The molecule has 1 saturated carbocycles. The summed E-state index contributed by atoms with van der Waals surface area (Å²) in [5.74, 6) is 1.44. The molecule has 1 aromatic carbocycles. The first-order chi connectivity index (χ1) is 14.3. The molecule has 0 unspecified atom stereocenters. The number of nitrogens with zero attached hydrogens (tertiary/aromatic N) is 4. The van der Waals surface area contributed by atoms with Gasteiger partial charge in [-0.15, -0.1) is 10.2 Å². The van der Waals surface area contributed by atoms with Crippen molar-refractivity contribution in [1.82, 2.24) is 19.7 Å². The van der Waals surface area contributed by atoms with Gasteiger partial charge in [-0.05, 0) is 49.5 Å². The highest BCUT2D eigenvalue weighted by Crippen LogP contribution is 2.35. The first-order valence-corrected chi connectivity index (χ1v) is 12.0. The van der Waals surface area contributed by atoms with E-state index in [2.05, 4.69) is 66.2 Å². The average molecular weight is 425 g/mol. The monoisotopic (exact) mass is 424 g/mol. The zero-order chi connectivity index (χ0) is 21.3. The standard InChI is InChI=1S/C24H32N4OS/c1-24(2,3)18-12-10-17(11-13-18)22-25-26-23(27(22)4)30-16-21(29)28(20-14-15-20)19-8-6-5-7-9-19/h8,10-13,20H,5-7,9,14-16H2,1-4H3. The quantitative estimate of drug-likeness (QED) is 0.589. The lowest BCUT2D eigenvalue weighted by atomic mass is 9.87. The summed E-state index contributed by atoms with van der Waals surface area (Å²) in [7, 11) is 1.97. The van der Waals surface area contributed by atoms with Gasteiger partial charge in [-0.1, -0.05) is 62.9 Å². The number of allylic oxidation sites excluding steroid dienone is 2. The molecule has 1 heterocycles. The summed E-state index contributed by atoms with van der Waals surface area (Å²) in [5, 5.41) is 9.54. The smallest absolute Gasteiger partial charge is 0.237 e. The molecule has 1 amide bonds. The van der Waals surface area contributed by atoms with E-state index in [4.69, 9.17) is 0 Å². The molecule has 2 aliphatic rings. The highest BCUT2D eigenvalue weighted by molar-refractivity contribution is 7.99. The van der Waals surface area contributed by atoms with E-state index in [9.17, 15) is 4.79 Å². The third-order valence-corrected chi connectivity index (χ3v) is 6.93. The minimum atomic E-state index is 0.126. The van der Waals surface area contributed by atoms with Gasteiger partial charge in [0.25, 0.3) is 0 Å². The highest BCUT2D eigenvalue weighted by atomic mass is 32.2. The Labute approximate surface area is 183 Å². The van der Waals surface area contributed by atoms with Crippen LogP contribution in [0.2, 0.25) is 0 Å². The van der Waals surface area contributed by atoms with Gasteiger partial charge in [0, 0.05) is 24.4 Å². The molecule has 30 heavy (non-hydrogen) atoms. The van der Waals surface area contributed by atoms with E-state index >= 15 is 0 Å². The molecule has 0 radical (unpaired) electrons. The van der Waals surface area contributed by atoms with Crippen LogP contribution in [0.25, 0.3) is 11.4 Å².